The molecule has 0 spiro atoms. The Kier molecular flexibility index (Phi) is 9.07. The quantitative estimate of drug-likeness (QED) is 0.506. The molecule has 0 radical (unpaired) electrons. The summed E-state index contributed by atoms with van der Waals surface area (Å²) in [5.74, 6) is -0.836. The molecular formula is C25H31Cl2N3O4S. The molecule has 2 amide bonds. The summed E-state index contributed by atoms with van der Waals surface area (Å²) in [4.78, 5) is 28.1. The lowest BCUT2D eigenvalue weighted by atomic mass is 10.1. The van der Waals surface area contributed by atoms with Crippen molar-refractivity contribution in [2.45, 2.75) is 58.2 Å². The SMILES string of the molecule is Cc1cccc(N(CC(=O)N(Cc2c(Cl)cccc2Cl)[C@@H](C)C(=O)NC2CCCC2)S(C)(=O)=O)c1. The number of halogens is 2. The van der Waals surface area contributed by atoms with Crippen molar-refractivity contribution in [1.82, 2.24) is 10.2 Å². The number of hydrogen-bond acceptors (Lipinski definition) is 4. The number of carbonyl (C=O) groups is 2. The fourth-order valence-electron chi connectivity index (χ4n) is 4.23. The topological polar surface area (TPSA) is 86.8 Å². The van der Waals surface area contributed by atoms with E-state index in [4.69, 9.17) is 23.2 Å². The Morgan fingerprint density at radius 2 is 1.69 bits per heavy atom. The second kappa shape index (κ2) is 11.6. The van der Waals surface area contributed by atoms with Gasteiger partial charge in [-0.25, -0.2) is 8.42 Å². The molecule has 35 heavy (non-hydrogen) atoms. The van der Waals surface area contributed by atoms with Crippen LogP contribution in [0.15, 0.2) is 42.5 Å². The lowest BCUT2D eigenvalue weighted by molar-refractivity contribution is -0.139. The Balaban J connectivity index is 1.92. The van der Waals surface area contributed by atoms with Crippen LogP contribution in [-0.2, 0) is 26.2 Å². The molecule has 1 atom stereocenters. The highest BCUT2D eigenvalue weighted by Crippen LogP contribution is 2.27. The van der Waals surface area contributed by atoms with Crippen LogP contribution in [0.25, 0.3) is 0 Å². The van der Waals surface area contributed by atoms with Crippen molar-refractivity contribution >= 4 is 50.7 Å². The van der Waals surface area contributed by atoms with Gasteiger partial charge < -0.3 is 10.2 Å². The molecule has 190 valence electrons. The number of rotatable bonds is 9. The molecule has 2 aromatic carbocycles. The van der Waals surface area contributed by atoms with E-state index >= 15 is 0 Å². The van der Waals surface area contributed by atoms with Gasteiger partial charge in [-0.3, -0.25) is 13.9 Å². The summed E-state index contributed by atoms with van der Waals surface area (Å²) in [5.41, 5.74) is 1.72. The zero-order valence-electron chi connectivity index (χ0n) is 20.1. The minimum absolute atomic E-state index is 0.0397. The lowest BCUT2D eigenvalue weighted by Crippen LogP contribution is -2.52. The minimum atomic E-state index is -3.78. The first-order valence-corrected chi connectivity index (χ1v) is 14.1. The van der Waals surface area contributed by atoms with Gasteiger partial charge in [0.15, 0.2) is 0 Å². The van der Waals surface area contributed by atoms with Crippen LogP contribution in [0.2, 0.25) is 10.0 Å². The Hall–Kier alpha value is -2.29. The number of anilines is 1. The summed E-state index contributed by atoms with van der Waals surface area (Å²) >= 11 is 12.7. The van der Waals surface area contributed by atoms with Crippen LogP contribution in [0.1, 0.15) is 43.7 Å². The van der Waals surface area contributed by atoms with E-state index in [2.05, 4.69) is 5.32 Å². The molecule has 0 aliphatic heterocycles. The molecule has 0 unspecified atom stereocenters. The highest BCUT2D eigenvalue weighted by atomic mass is 35.5. The number of nitrogens with one attached hydrogen (secondary N) is 1. The van der Waals surface area contributed by atoms with Gasteiger partial charge in [-0.15, -0.1) is 0 Å². The first-order chi connectivity index (χ1) is 16.5. The molecular weight excluding hydrogens is 509 g/mol. The predicted octanol–water partition coefficient (Wildman–Crippen LogP) is 4.54. The predicted molar refractivity (Wildman–Crippen MR) is 140 cm³/mol. The monoisotopic (exact) mass is 539 g/mol. The van der Waals surface area contributed by atoms with Crippen LogP contribution < -0.4 is 9.62 Å². The maximum Gasteiger partial charge on any atom is 0.244 e. The molecule has 1 saturated carbocycles. The largest absolute Gasteiger partial charge is 0.352 e. The summed E-state index contributed by atoms with van der Waals surface area (Å²) in [6.45, 7) is 2.96. The summed E-state index contributed by atoms with van der Waals surface area (Å²) in [6, 6.07) is 11.1. The fraction of sp³-hybridized carbons (Fsp3) is 0.440. The van der Waals surface area contributed by atoms with Crippen molar-refractivity contribution in [2.75, 3.05) is 17.1 Å². The Labute approximate surface area is 217 Å². The van der Waals surface area contributed by atoms with Gasteiger partial charge in [0.1, 0.15) is 12.6 Å². The number of amides is 2. The van der Waals surface area contributed by atoms with E-state index < -0.39 is 28.5 Å². The van der Waals surface area contributed by atoms with Gasteiger partial charge in [0.2, 0.25) is 21.8 Å². The van der Waals surface area contributed by atoms with Crippen LogP contribution in [0.4, 0.5) is 5.69 Å². The maximum absolute atomic E-state index is 13.6. The second-order valence-corrected chi connectivity index (χ2v) is 11.7. The van der Waals surface area contributed by atoms with Crippen LogP contribution in [-0.4, -0.2) is 50.0 Å². The third-order valence-electron chi connectivity index (χ3n) is 6.23. The van der Waals surface area contributed by atoms with Gasteiger partial charge in [0, 0.05) is 28.2 Å². The van der Waals surface area contributed by atoms with Crippen molar-refractivity contribution in [3.05, 3.63) is 63.6 Å². The molecule has 0 saturated heterocycles. The third kappa shape index (κ3) is 7.12. The molecule has 1 fully saturated rings. The van der Waals surface area contributed by atoms with Gasteiger partial charge >= 0.3 is 0 Å². The van der Waals surface area contributed by atoms with E-state index in [0.717, 1.165) is 41.8 Å². The van der Waals surface area contributed by atoms with Crippen molar-refractivity contribution < 1.29 is 18.0 Å². The van der Waals surface area contributed by atoms with Crippen LogP contribution in [0, 0.1) is 6.92 Å². The van der Waals surface area contributed by atoms with Gasteiger partial charge in [0.05, 0.1) is 11.9 Å². The molecule has 7 nitrogen and oxygen atoms in total. The third-order valence-corrected chi connectivity index (χ3v) is 8.08. The summed E-state index contributed by atoms with van der Waals surface area (Å²) in [5, 5.41) is 3.74. The van der Waals surface area contributed by atoms with Crippen molar-refractivity contribution in [3.63, 3.8) is 0 Å². The normalized spacial score (nSPS) is 15.0. The van der Waals surface area contributed by atoms with Gasteiger partial charge in [0.25, 0.3) is 0 Å². The van der Waals surface area contributed by atoms with E-state index in [1.807, 2.05) is 13.0 Å². The number of aryl methyl sites for hydroxylation is 1. The Morgan fingerprint density at radius 3 is 2.26 bits per heavy atom. The zero-order chi connectivity index (χ0) is 25.8. The summed E-state index contributed by atoms with van der Waals surface area (Å²) < 4.78 is 26.3. The van der Waals surface area contributed by atoms with Gasteiger partial charge in [-0.05, 0) is 56.5 Å². The molecule has 1 aliphatic carbocycles. The van der Waals surface area contributed by atoms with Crippen molar-refractivity contribution in [3.8, 4) is 0 Å². The number of nitrogens with zero attached hydrogens (tertiary/aromatic N) is 2. The van der Waals surface area contributed by atoms with Gasteiger partial charge in [-0.2, -0.15) is 0 Å². The van der Waals surface area contributed by atoms with Crippen LogP contribution >= 0.6 is 23.2 Å². The molecule has 0 aromatic heterocycles. The molecule has 3 rings (SSSR count). The van der Waals surface area contributed by atoms with Crippen LogP contribution in [0.3, 0.4) is 0 Å². The van der Waals surface area contributed by atoms with E-state index in [9.17, 15) is 18.0 Å². The summed E-state index contributed by atoms with van der Waals surface area (Å²) in [6.07, 6.45) is 4.96. The highest BCUT2D eigenvalue weighted by Gasteiger charge is 2.32. The number of benzene rings is 2. The summed E-state index contributed by atoms with van der Waals surface area (Å²) in [7, 11) is -3.78. The molecule has 0 bridgehead atoms. The van der Waals surface area contributed by atoms with Gasteiger partial charge in [-0.1, -0.05) is 54.2 Å². The molecule has 10 heteroatoms. The van der Waals surface area contributed by atoms with E-state index in [-0.39, 0.29) is 18.5 Å². The second-order valence-electron chi connectivity index (χ2n) is 9.00. The number of hydrogen-bond donors (Lipinski definition) is 1. The van der Waals surface area contributed by atoms with E-state index in [1.54, 1.807) is 43.3 Å². The smallest absolute Gasteiger partial charge is 0.244 e. The maximum atomic E-state index is 13.6. The first-order valence-electron chi connectivity index (χ1n) is 11.5. The average molecular weight is 541 g/mol. The average Bonchev–Trinajstić information content (AvgIpc) is 3.29. The number of sulfonamides is 1. The van der Waals surface area contributed by atoms with E-state index in [1.165, 1.54) is 4.90 Å². The molecule has 0 heterocycles. The minimum Gasteiger partial charge on any atom is -0.352 e. The standard InChI is InChI=1S/C25H31Cl2N3O4S/c1-17-8-6-11-20(14-17)30(35(3,33)34)16-24(31)29(15-21-22(26)12-7-13-23(21)27)18(2)25(32)28-19-9-4-5-10-19/h6-8,11-14,18-19H,4-5,9-10,15-16H2,1-3H3,(H,28,32)/t18-/m0/s1. The lowest BCUT2D eigenvalue weighted by Gasteiger charge is -2.32. The molecule has 1 aliphatic rings. The Bertz CT molecular complexity index is 1160. The molecule has 2 aromatic rings. The zero-order valence-corrected chi connectivity index (χ0v) is 22.5. The van der Waals surface area contributed by atoms with Crippen molar-refractivity contribution in [2.24, 2.45) is 0 Å². The fourth-order valence-corrected chi connectivity index (χ4v) is 5.58. The van der Waals surface area contributed by atoms with Crippen LogP contribution in [0.5, 0.6) is 0 Å². The highest BCUT2D eigenvalue weighted by molar-refractivity contribution is 7.92. The number of carbonyl (C=O) groups excluding carboxylic acids is 2. The first kappa shape index (κ1) is 27.3. The Morgan fingerprint density at radius 1 is 1.09 bits per heavy atom. The van der Waals surface area contributed by atoms with E-state index in [0.29, 0.717) is 21.3 Å². The van der Waals surface area contributed by atoms with Crippen molar-refractivity contribution in [1.29, 1.82) is 0 Å². The molecule has 1 N–H and O–H groups in total.